The van der Waals surface area contributed by atoms with Crippen LogP contribution in [-0.4, -0.2) is 18.6 Å². The SMILES string of the molecule is CCCCCCCCC(=O)NCc1ccc(OC(C)(C)C)c(OC)c1. The lowest BCUT2D eigenvalue weighted by atomic mass is 10.1. The first-order valence-electron chi connectivity index (χ1n) is 9.48. The van der Waals surface area contributed by atoms with Crippen molar-refractivity contribution < 1.29 is 14.3 Å². The molecule has 142 valence electrons. The molecule has 0 saturated carbocycles. The van der Waals surface area contributed by atoms with Gasteiger partial charge in [-0.2, -0.15) is 0 Å². The van der Waals surface area contributed by atoms with Crippen LogP contribution in [0, 0.1) is 0 Å². The summed E-state index contributed by atoms with van der Waals surface area (Å²) < 4.78 is 11.3. The lowest BCUT2D eigenvalue weighted by molar-refractivity contribution is -0.121. The highest BCUT2D eigenvalue weighted by atomic mass is 16.5. The van der Waals surface area contributed by atoms with Crippen molar-refractivity contribution in [2.24, 2.45) is 0 Å². The Morgan fingerprint density at radius 2 is 1.72 bits per heavy atom. The van der Waals surface area contributed by atoms with Crippen LogP contribution in [0.15, 0.2) is 18.2 Å². The van der Waals surface area contributed by atoms with Crippen molar-refractivity contribution in [2.75, 3.05) is 7.11 Å². The molecule has 0 aliphatic heterocycles. The van der Waals surface area contributed by atoms with Crippen molar-refractivity contribution in [2.45, 2.75) is 84.8 Å². The molecule has 0 unspecified atom stereocenters. The first kappa shape index (κ1) is 21.3. The Bertz CT molecular complexity index is 520. The van der Waals surface area contributed by atoms with E-state index < -0.39 is 0 Å². The number of amides is 1. The fraction of sp³-hybridized carbons (Fsp3) is 0.667. The number of rotatable bonds is 11. The van der Waals surface area contributed by atoms with Crippen molar-refractivity contribution in [1.82, 2.24) is 5.32 Å². The van der Waals surface area contributed by atoms with Crippen LogP contribution in [0.5, 0.6) is 11.5 Å². The molecule has 1 aromatic rings. The Labute approximate surface area is 153 Å². The lowest BCUT2D eigenvalue weighted by Gasteiger charge is -2.23. The highest BCUT2D eigenvalue weighted by molar-refractivity contribution is 5.75. The fourth-order valence-corrected chi connectivity index (χ4v) is 2.59. The summed E-state index contributed by atoms with van der Waals surface area (Å²) in [5.74, 6) is 1.53. The second-order valence-electron chi connectivity index (χ2n) is 7.49. The first-order valence-corrected chi connectivity index (χ1v) is 9.48. The monoisotopic (exact) mass is 349 g/mol. The number of methoxy groups -OCH3 is 1. The normalized spacial score (nSPS) is 11.2. The highest BCUT2D eigenvalue weighted by Gasteiger charge is 2.15. The summed E-state index contributed by atoms with van der Waals surface area (Å²) in [5.41, 5.74) is 0.731. The van der Waals surface area contributed by atoms with E-state index in [9.17, 15) is 4.79 Å². The van der Waals surface area contributed by atoms with Gasteiger partial charge in [0.05, 0.1) is 7.11 Å². The molecule has 0 heterocycles. The van der Waals surface area contributed by atoms with E-state index in [2.05, 4.69) is 12.2 Å². The molecule has 0 bridgehead atoms. The molecule has 1 N–H and O–H groups in total. The van der Waals surface area contributed by atoms with E-state index >= 15 is 0 Å². The number of ether oxygens (including phenoxy) is 2. The summed E-state index contributed by atoms with van der Waals surface area (Å²) in [6.07, 6.45) is 7.77. The maximum atomic E-state index is 11.9. The number of unbranched alkanes of at least 4 members (excludes halogenated alkanes) is 5. The van der Waals surface area contributed by atoms with E-state index in [0.717, 1.165) is 24.2 Å². The largest absolute Gasteiger partial charge is 0.493 e. The second-order valence-corrected chi connectivity index (χ2v) is 7.49. The Kier molecular flexibility index (Phi) is 9.40. The summed E-state index contributed by atoms with van der Waals surface area (Å²) in [6, 6.07) is 5.79. The van der Waals surface area contributed by atoms with Gasteiger partial charge in [-0.1, -0.05) is 45.1 Å². The van der Waals surface area contributed by atoms with E-state index in [0.29, 0.717) is 18.7 Å². The predicted octanol–water partition coefficient (Wildman–Crippen LogP) is 5.24. The van der Waals surface area contributed by atoms with Crippen LogP contribution >= 0.6 is 0 Å². The molecule has 0 radical (unpaired) electrons. The Hall–Kier alpha value is -1.71. The molecule has 0 aliphatic carbocycles. The number of hydrogen-bond acceptors (Lipinski definition) is 3. The zero-order valence-electron chi connectivity index (χ0n) is 16.6. The Balaban J connectivity index is 2.40. The van der Waals surface area contributed by atoms with Crippen LogP contribution in [0.25, 0.3) is 0 Å². The third-order valence-corrected chi connectivity index (χ3v) is 3.89. The third-order valence-electron chi connectivity index (χ3n) is 3.89. The molecule has 25 heavy (non-hydrogen) atoms. The van der Waals surface area contributed by atoms with E-state index in [-0.39, 0.29) is 11.5 Å². The average molecular weight is 350 g/mol. The molecule has 0 aromatic heterocycles. The van der Waals surface area contributed by atoms with Gasteiger partial charge in [-0.15, -0.1) is 0 Å². The molecule has 0 atom stereocenters. The molecular weight excluding hydrogens is 314 g/mol. The molecule has 4 nitrogen and oxygen atoms in total. The number of nitrogens with one attached hydrogen (secondary N) is 1. The summed E-state index contributed by atoms with van der Waals surface area (Å²) in [4.78, 5) is 11.9. The number of carbonyl (C=O) groups is 1. The first-order chi connectivity index (χ1) is 11.9. The van der Waals surface area contributed by atoms with Gasteiger partial charge in [0.1, 0.15) is 5.60 Å². The Morgan fingerprint density at radius 3 is 2.36 bits per heavy atom. The van der Waals surface area contributed by atoms with Crippen molar-refractivity contribution in [3.8, 4) is 11.5 Å². The highest BCUT2D eigenvalue weighted by Crippen LogP contribution is 2.31. The van der Waals surface area contributed by atoms with Gasteiger partial charge in [0, 0.05) is 13.0 Å². The summed E-state index contributed by atoms with van der Waals surface area (Å²) in [5, 5.41) is 2.98. The average Bonchev–Trinajstić information content (AvgIpc) is 2.55. The molecule has 0 fully saturated rings. The molecule has 0 spiro atoms. The second kappa shape index (κ2) is 11.0. The molecule has 1 amide bonds. The van der Waals surface area contributed by atoms with Gasteiger partial charge in [-0.3, -0.25) is 4.79 Å². The van der Waals surface area contributed by atoms with Crippen LogP contribution < -0.4 is 14.8 Å². The van der Waals surface area contributed by atoms with Crippen LogP contribution in [-0.2, 0) is 11.3 Å². The van der Waals surface area contributed by atoms with Crippen LogP contribution in [0.1, 0.15) is 78.2 Å². The van der Waals surface area contributed by atoms with Gasteiger partial charge in [-0.05, 0) is 44.9 Å². The predicted molar refractivity (Wildman–Crippen MR) is 103 cm³/mol. The topological polar surface area (TPSA) is 47.6 Å². The van der Waals surface area contributed by atoms with Gasteiger partial charge in [0.2, 0.25) is 5.91 Å². The van der Waals surface area contributed by atoms with E-state index in [4.69, 9.17) is 9.47 Å². The number of benzene rings is 1. The van der Waals surface area contributed by atoms with E-state index in [1.54, 1.807) is 7.11 Å². The Morgan fingerprint density at radius 1 is 1.04 bits per heavy atom. The fourth-order valence-electron chi connectivity index (χ4n) is 2.59. The van der Waals surface area contributed by atoms with Gasteiger partial charge in [0.15, 0.2) is 11.5 Å². The smallest absolute Gasteiger partial charge is 0.220 e. The molecular formula is C21H35NO3. The van der Waals surface area contributed by atoms with Crippen molar-refractivity contribution in [1.29, 1.82) is 0 Å². The minimum atomic E-state index is -0.278. The molecule has 1 rings (SSSR count). The molecule has 0 saturated heterocycles. The maximum Gasteiger partial charge on any atom is 0.220 e. The maximum absolute atomic E-state index is 11.9. The van der Waals surface area contributed by atoms with Gasteiger partial charge in [-0.25, -0.2) is 0 Å². The van der Waals surface area contributed by atoms with Gasteiger partial charge in [0.25, 0.3) is 0 Å². The molecule has 4 heteroatoms. The quantitative estimate of drug-likeness (QED) is 0.556. The van der Waals surface area contributed by atoms with Crippen molar-refractivity contribution >= 4 is 5.91 Å². The van der Waals surface area contributed by atoms with Crippen molar-refractivity contribution in [3.05, 3.63) is 23.8 Å². The lowest BCUT2D eigenvalue weighted by Crippen LogP contribution is -2.24. The number of hydrogen-bond donors (Lipinski definition) is 1. The summed E-state index contributed by atoms with van der Waals surface area (Å²) in [6.45, 7) is 8.74. The molecule has 0 aliphatic rings. The molecule has 1 aromatic carbocycles. The minimum Gasteiger partial charge on any atom is -0.493 e. The van der Waals surface area contributed by atoms with Gasteiger partial charge < -0.3 is 14.8 Å². The van der Waals surface area contributed by atoms with Gasteiger partial charge >= 0.3 is 0 Å². The summed E-state index contributed by atoms with van der Waals surface area (Å²) in [7, 11) is 1.63. The zero-order valence-corrected chi connectivity index (χ0v) is 16.6. The third kappa shape index (κ3) is 9.37. The minimum absolute atomic E-state index is 0.115. The van der Waals surface area contributed by atoms with E-state index in [1.807, 2.05) is 39.0 Å². The van der Waals surface area contributed by atoms with E-state index in [1.165, 1.54) is 25.7 Å². The van der Waals surface area contributed by atoms with Crippen LogP contribution in [0.3, 0.4) is 0 Å². The standard InChI is InChI=1S/C21H35NO3/c1-6-7-8-9-10-11-12-20(23)22-16-17-13-14-18(19(15-17)24-5)25-21(2,3)4/h13-15H,6-12,16H2,1-5H3,(H,22,23). The van der Waals surface area contributed by atoms with Crippen LogP contribution in [0.2, 0.25) is 0 Å². The van der Waals surface area contributed by atoms with Crippen LogP contribution in [0.4, 0.5) is 0 Å². The zero-order chi connectivity index (χ0) is 18.7. The van der Waals surface area contributed by atoms with Crippen molar-refractivity contribution in [3.63, 3.8) is 0 Å². The summed E-state index contributed by atoms with van der Waals surface area (Å²) >= 11 is 0. The number of carbonyl (C=O) groups excluding carboxylic acids is 1.